The van der Waals surface area contributed by atoms with Gasteiger partial charge in [-0.3, -0.25) is 4.79 Å². The minimum absolute atomic E-state index is 0.267. The first-order valence-corrected chi connectivity index (χ1v) is 6.99. The van der Waals surface area contributed by atoms with Crippen LogP contribution in [0.2, 0.25) is 0 Å². The Hall–Kier alpha value is -0.570. The van der Waals surface area contributed by atoms with Gasteiger partial charge in [0.25, 0.3) is 0 Å². The minimum atomic E-state index is -0.567. The topological polar surface area (TPSA) is 49.3 Å². The number of amides is 1. The molecule has 0 spiro atoms. The van der Waals surface area contributed by atoms with Crippen LogP contribution >= 0.6 is 0 Å². The molecule has 1 amide bonds. The molecule has 0 aromatic rings. The summed E-state index contributed by atoms with van der Waals surface area (Å²) in [6.45, 7) is 3.79. The van der Waals surface area contributed by atoms with Crippen LogP contribution in [0.3, 0.4) is 0 Å². The van der Waals surface area contributed by atoms with E-state index in [0.717, 1.165) is 38.5 Å². The monoisotopic (exact) mass is 239 g/mol. The van der Waals surface area contributed by atoms with Gasteiger partial charge in [-0.05, 0) is 58.3 Å². The van der Waals surface area contributed by atoms with Crippen molar-refractivity contribution < 1.29 is 9.90 Å². The Labute approximate surface area is 104 Å². The van der Waals surface area contributed by atoms with Crippen LogP contribution < -0.4 is 5.32 Å². The van der Waals surface area contributed by atoms with Gasteiger partial charge in [-0.2, -0.15) is 0 Å². The SMILES string of the molecule is CC(C)(O)C1CCC(NC(=O)C2CCC2)CC1. The third-order valence-corrected chi connectivity index (χ3v) is 4.55. The molecule has 3 nitrogen and oxygen atoms in total. The number of nitrogens with one attached hydrogen (secondary N) is 1. The summed E-state index contributed by atoms with van der Waals surface area (Å²) in [6.07, 6.45) is 7.46. The fourth-order valence-corrected chi connectivity index (χ4v) is 2.93. The van der Waals surface area contributed by atoms with Crippen molar-refractivity contribution in [3.8, 4) is 0 Å². The molecule has 0 radical (unpaired) electrons. The zero-order valence-corrected chi connectivity index (χ0v) is 11.0. The molecule has 0 bridgehead atoms. The lowest BCUT2D eigenvalue weighted by atomic mass is 9.77. The van der Waals surface area contributed by atoms with Crippen LogP contribution in [0.5, 0.6) is 0 Å². The van der Waals surface area contributed by atoms with Crippen LogP contribution in [0.25, 0.3) is 0 Å². The van der Waals surface area contributed by atoms with Gasteiger partial charge in [0, 0.05) is 12.0 Å². The second kappa shape index (κ2) is 4.97. The lowest BCUT2D eigenvalue weighted by molar-refractivity contribution is -0.128. The highest BCUT2D eigenvalue weighted by Gasteiger charge is 2.33. The lowest BCUT2D eigenvalue weighted by Crippen LogP contribution is -2.44. The summed E-state index contributed by atoms with van der Waals surface area (Å²) in [5.41, 5.74) is -0.567. The van der Waals surface area contributed by atoms with Crippen LogP contribution in [-0.4, -0.2) is 22.7 Å². The highest BCUT2D eigenvalue weighted by molar-refractivity contribution is 5.79. The van der Waals surface area contributed by atoms with E-state index in [4.69, 9.17) is 0 Å². The van der Waals surface area contributed by atoms with Gasteiger partial charge in [0.2, 0.25) is 5.91 Å². The summed E-state index contributed by atoms with van der Waals surface area (Å²) in [6, 6.07) is 0.349. The average Bonchev–Trinajstić information content (AvgIpc) is 2.13. The molecule has 98 valence electrons. The normalized spacial score (nSPS) is 30.8. The van der Waals surface area contributed by atoms with Gasteiger partial charge in [-0.1, -0.05) is 6.42 Å². The van der Waals surface area contributed by atoms with Crippen LogP contribution in [-0.2, 0) is 4.79 Å². The van der Waals surface area contributed by atoms with Crippen molar-refractivity contribution in [3.05, 3.63) is 0 Å². The predicted octanol–water partition coefficient (Wildman–Crippen LogP) is 2.23. The van der Waals surface area contributed by atoms with E-state index in [-0.39, 0.29) is 5.91 Å². The van der Waals surface area contributed by atoms with Gasteiger partial charge < -0.3 is 10.4 Å². The first-order chi connectivity index (χ1) is 7.97. The number of hydrogen-bond acceptors (Lipinski definition) is 2. The summed E-state index contributed by atoms with van der Waals surface area (Å²) in [5.74, 6) is 0.948. The second-order valence-corrected chi connectivity index (χ2v) is 6.34. The van der Waals surface area contributed by atoms with E-state index >= 15 is 0 Å². The Bertz CT molecular complexity index is 270. The van der Waals surface area contributed by atoms with E-state index in [1.807, 2.05) is 13.8 Å². The number of hydrogen-bond donors (Lipinski definition) is 2. The first kappa shape index (κ1) is 12.9. The molecule has 2 saturated carbocycles. The molecule has 2 N–H and O–H groups in total. The van der Waals surface area contributed by atoms with E-state index in [0.29, 0.717) is 17.9 Å². The van der Waals surface area contributed by atoms with Crippen molar-refractivity contribution in [3.63, 3.8) is 0 Å². The van der Waals surface area contributed by atoms with Crippen molar-refractivity contribution in [2.45, 2.75) is 70.4 Å². The van der Waals surface area contributed by atoms with Crippen LogP contribution in [0.4, 0.5) is 0 Å². The molecule has 0 atom stereocenters. The third-order valence-electron chi connectivity index (χ3n) is 4.55. The molecule has 2 aliphatic carbocycles. The predicted molar refractivity (Wildman–Crippen MR) is 67.5 cm³/mol. The molecule has 0 unspecified atom stereocenters. The highest BCUT2D eigenvalue weighted by Crippen LogP contribution is 2.33. The van der Waals surface area contributed by atoms with E-state index in [2.05, 4.69) is 5.32 Å². The summed E-state index contributed by atoms with van der Waals surface area (Å²) >= 11 is 0. The van der Waals surface area contributed by atoms with Gasteiger partial charge in [-0.15, -0.1) is 0 Å². The van der Waals surface area contributed by atoms with E-state index in [1.54, 1.807) is 0 Å². The number of aliphatic hydroxyl groups is 1. The van der Waals surface area contributed by atoms with Crippen molar-refractivity contribution in [2.24, 2.45) is 11.8 Å². The van der Waals surface area contributed by atoms with E-state index < -0.39 is 5.60 Å². The molecule has 0 aromatic carbocycles. The highest BCUT2D eigenvalue weighted by atomic mass is 16.3. The second-order valence-electron chi connectivity index (χ2n) is 6.34. The van der Waals surface area contributed by atoms with Gasteiger partial charge in [0.05, 0.1) is 5.60 Å². The van der Waals surface area contributed by atoms with Crippen molar-refractivity contribution in [2.75, 3.05) is 0 Å². The molecule has 17 heavy (non-hydrogen) atoms. The Morgan fingerprint density at radius 1 is 1.12 bits per heavy atom. The zero-order valence-electron chi connectivity index (χ0n) is 11.0. The quantitative estimate of drug-likeness (QED) is 0.793. The van der Waals surface area contributed by atoms with Crippen molar-refractivity contribution >= 4 is 5.91 Å². The lowest BCUT2D eigenvalue weighted by Gasteiger charge is -2.37. The Morgan fingerprint density at radius 2 is 1.71 bits per heavy atom. The standard InChI is InChI=1S/C14H25NO2/c1-14(2,17)11-6-8-12(9-7-11)15-13(16)10-4-3-5-10/h10-12,17H,3-9H2,1-2H3,(H,15,16). The maximum Gasteiger partial charge on any atom is 0.223 e. The van der Waals surface area contributed by atoms with Gasteiger partial charge in [0.15, 0.2) is 0 Å². The van der Waals surface area contributed by atoms with Crippen LogP contribution in [0.1, 0.15) is 58.8 Å². The number of rotatable bonds is 3. The smallest absolute Gasteiger partial charge is 0.223 e. The maximum absolute atomic E-state index is 11.8. The summed E-state index contributed by atoms with van der Waals surface area (Å²) in [7, 11) is 0. The zero-order chi connectivity index (χ0) is 12.5. The fraction of sp³-hybridized carbons (Fsp3) is 0.929. The Morgan fingerprint density at radius 3 is 2.12 bits per heavy atom. The summed E-state index contributed by atoms with van der Waals surface area (Å²) in [4.78, 5) is 11.8. The number of carbonyl (C=O) groups is 1. The van der Waals surface area contributed by atoms with Gasteiger partial charge in [0.1, 0.15) is 0 Å². The van der Waals surface area contributed by atoms with Gasteiger partial charge >= 0.3 is 0 Å². The average molecular weight is 239 g/mol. The van der Waals surface area contributed by atoms with Crippen molar-refractivity contribution in [1.82, 2.24) is 5.32 Å². The van der Waals surface area contributed by atoms with Crippen LogP contribution in [0, 0.1) is 11.8 Å². The molecule has 2 aliphatic rings. The molecule has 0 aliphatic heterocycles. The fourth-order valence-electron chi connectivity index (χ4n) is 2.93. The molecule has 2 rings (SSSR count). The Kier molecular flexibility index (Phi) is 3.76. The molecular formula is C14H25NO2. The van der Waals surface area contributed by atoms with E-state index in [9.17, 15) is 9.90 Å². The van der Waals surface area contributed by atoms with E-state index in [1.165, 1.54) is 6.42 Å². The maximum atomic E-state index is 11.8. The molecular weight excluding hydrogens is 214 g/mol. The third kappa shape index (κ3) is 3.21. The molecule has 0 saturated heterocycles. The molecule has 0 heterocycles. The molecule has 2 fully saturated rings. The Balaban J connectivity index is 1.73. The van der Waals surface area contributed by atoms with Gasteiger partial charge in [-0.25, -0.2) is 0 Å². The number of carbonyl (C=O) groups excluding carboxylic acids is 1. The van der Waals surface area contributed by atoms with Crippen molar-refractivity contribution in [1.29, 1.82) is 0 Å². The first-order valence-electron chi connectivity index (χ1n) is 6.99. The summed E-state index contributed by atoms with van der Waals surface area (Å²) < 4.78 is 0. The largest absolute Gasteiger partial charge is 0.390 e. The van der Waals surface area contributed by atoms with Crippen LogP contribution in [0.15, 0.2) is 0 Å². The molecule has 0 aromatic heterocycles. The summed E-state index contributed by atoms with van der Waals surface area (Å²) in [5, 5.41) is 13.1. The molecule has 3 heteroatoms. The minimum Gasteiger partial charge on any atom is -0.390 e.